The number of amides is 2. The number of rotatable bonds is 5. The molecule has 0 saturated heterocycles. The van der Waals surface area contributed by atoms with Gasteiger partial charge in [-0.2, -0.15) is 0 Å². The molecule has 3 N–H and O–H groups in total. The van der Waals surface area contributed by atoms with E-state index in [1.54, 1.807) is 25.1 Å². The summed E-state index contributed by atoms with van der Waals surface area (Å²) in [6.45, 7) is 5.47. The molecule has 1 aliphatic rings. The van der Waals surface area contributed by atoms with Crippen LogP contribution in [0.25, 0.3) is 0 Å². The number of carboxylic acid groups (broad SMARTS) is 1. The number of carbonyl (C=O) groups is 3. The third-order valence-corrected chi connectivity index (χ3v) is 5.12. The van der Waals surface area contributed by atoms with Crippen molar-refractivity contribution in [2.24, 2.45) is 5.92 Å². The second-order valence-corrected chi connectivity index (χ2v) is 7.02. The van der Waals surface area contributed by atoms with Crippen LogP contribution in [0, 0.1) is 5.92 Å². The lowest BCUT2D eigenvalue weighted by atomic mass is 9.99. The van der Waals surface area contributed by atoms with Crippen molar-refractivity contribution in [2.45, 2.75) is 43.4 Å². The van der Waals surface area contributed by atoms with Gasteiger partial charge in [0.05, 0.1) is 10.9 Å². The van der Waals surface area contributed by atoms with E-state index in [4.69, 9.17) is 0 Å². The van der Waals surface area contributed by atoms with Gasteiger partial charge >= 0.3 is 5.97 Å². The fraction of sp³-hybridized carbons (Fsp3) is 0.438. The first kappa shape index (κ1) is 17.3. The maximum Gasteiger partial charge on any atom is 0.326 e. The predicted octanol–water partition coefficient (Wildman–Crippen LogP) is 2.35. The number of fused-ring (bicyclic) bond motifs is 1. The molecule has 0 bridgehead atoms. The molecule has 1 aromatic carbocycles. The molecule has 0 spiro atoms. The molecule has 0 radical (unpaired) electrons. The Morgan fingerprint density at radius 2 is 2.13 bits per heavy atom. The number of aliphatic carboxylic acids is 1. The number of carboxylic acids is 1. The van der Waals surface area contributed by atoms with Gasteiger partial charge < -0.3 is 15.7 Å². The van der Waals surface area contributed by atoms with Gasteiger partial charge in [0.2, 0.25) is 5.91 Å². The van der Waals surface area contributed by atoms with Gasteiger partial charge in [-0.1, -0.05) is 20.3 Å². The van der Waals surface area contributed by atoms with Crippen LogP contribution >= 0.6 is 11.8 Å². The van der Waals surface area contributed by atoms with Crippen LogP contribution in [0.2, 0.25) is 0 Å². The molecule has 6 nitrogen and oxygen atoms in total. The Bertz CT molecular complexity index is 647. The van der Waals surface area contributed by atoms with Crippen LogP contribution in [0.5, 0.6) is 0 Å². The first-order valence-corrected chi connectivity index (χ1v) is 8.36. The molecule has 0 fully saturated rings. The Kier molecular flexibility index (Phi) is 5.30. The Morgan fingerprint density at radius 3 is 2.74 bits per heavy atom. The molecule has 1 aromatic rings. The van der Waals surface area contributed by atoms with Gasteiger partial charge in [0.15, 0.2) is 0 Å². The minimum atomic E-state index is -1.05. The van der Waals surface area contributed by atoms with Crippen molar-refractivity contribution < 1.29 is 19.5 Å². The largest absolute Gasteiger partial charge is 0.480 e. The highest BCUT2D eigenvalue weighted by molar-refractivity contribution is 8.00. The van der Waals surface area contributed by atoms with E-state index in [-0.39, 0.29) is 17.1 Å². The van der Waals surface area contributed by atoms with Gasteiger partial charge in [0.25, 0.3) is 5.91 Å². The molecule has 7 heteroatoms. The van der Waals surface area contributed by atoms with Crippen molar-refractivity contribution in [1.82, 2.24) is 5.32 Å². The lowest BCUT2D eigenvalue weighted by molar-refractivity contribution is -0.140. The molecule has 124 valence electrons. The van der Waals surface area contributed by atoms with Gasteiger partial charge in [-0.25, -0.2) is 4.79 Å². The molecule has 2 amide bonds. The topological polar surface area (TPSA) is 95.5 Å². The summed E-state index contributed by atoms with van der Waals surface area (Å²) >= 11 is 1.43. The van der Waals surface area contributed by atoms with E-state index < -0.39 is 17.9 Å². The van der Waals surface area contributed by atoms with E-state index in [0.717, 1.165) is 4.90 Å². The lowest BCUT2D eigenvalue weighted by Gasteiger charge is -2.23. The minimum Gasteiger partial charge on any atom is -0.480 e. The highest BCUT2D eigenvalue weighted by Crippen LogP contribution is 2.35. The summed E-state index contributed by atoms with van der Waals surface area (Å²) in [7, 11) is 0. The maximum atomic E-state index is 12.3. The molecule has 1 unspecified atom stereocenters. The molecule has 1 heterocycles. The predicted molar refractivity (Wildman–Crippen MR) is 88.7 cm³/mol. The Balaban J connectivity index is 2.19. The molecule has 1 aliphatic heterocycles. The number of anilines is 1. The van der Waals surface area contributed by atoms with E-state index in [1.165, 1.54) is 11.8 Å². The highest BCUT2D eigenvalue weighted by Gasteiger charge is 2.27. The normalized spacial score (nSPS) is 19.3. The minimum absolute atomic E-state index is 0.108. The van der Waals surface area contributed by atoms with E-state index in [9.17, 15) is 19.5 Å². The zero-order valence-electron chi connectivity index (χ0n) is 13.3. The maximum absolute atomic E-state index is 12.3. The van der Waals surface area contributed by atoms with Crippen molar-refractivity contribution in [1.29, 1.82) is 0 Å². The zero-order chi connectivity index (χ0) is 17.1. The van der Waals surface area contributed by atoms with Crippen LogP contribution in [0.15, 0.2) is 23.1 Å². The van der Waals surface area contributed by atoms with Crippen LogP contribution in [0.4, 0.5) is 5.69 Å². The third-order valence-electron chi connectivity index (χ3n) is 3.94. The Labute approximate surface area is 139 Å². The summed E-state index contributed by atoms with van der Waals surface area (Å²) in [5, 5.41) is 14.4. The average Bonchev–Trinajstić information content (AvgIpc) is 2.52. The number of thioether (sulfide) groups is 1. The molecule has 0 saturated carbocycles. The fourth-order valence-corrected chi connectivity index (χ4v) is 3.19. The number of carbonyl (C=O) groups excluding carboxylic acids is 2. The smallest absolute Gasteiger partial charge is 0.326 e. The zero-order valence-corrected chi connectivity index (χ0v) is 14.1. The second-order valence-electron chi connectivity index (χ2n) is 5.64. The molecular formula is C16H20N2O4S. The highest BCUT2D eigenvalue weighted by atomic mass is 32.2. The molecule has 2 rings (SSSR count). The van der Waals surface area contributed by atoms with E-state index in [2.05, 4.69) is 10.6 Å². The van der Waals surface area contributed by atoms with Gasteiger partial charge in [0, 0.05) is 10.5 Å². The van der Waals surface area contributed by atoms with Crippen molar-refractivity contribution in [3.63, 3.8) is 0 Å². The second kappa shape index (κ2) is 7.04. The van der Waals surface area contributed by atoms with Gasteiger partial charge in [-0.3, -0.25) is 9.59 Å². The SMILES string of the molecule is CC[C@H](C)[C@H](NC(=O)c1ccc2c(c1)NC(=O)C(C)S2)C(=O)O. The molecule has 3 atom stereocenters. The van der Waals surface area contributed by atoms with Gasteiger partial charge in [-0.15, -0.1) is 11.8 Å². The standard InChI is InChI=1S/C16H20N2O4S/c1-4-8(2)13(16(21)22)18-15(20)10-5-6-12-11(7-10)17-14(19)9(3)23-12/h5-9,13H,4H2,1-3H3,(H,17,19)(H,18,20)(H,21,22)/t8-,9?,13-/m0/s1. The molecular weight excluding hydrogens is 316 g/mol. The number of hydrogen-bond acceptors (Lipinski definition) is 4. The van der Waals surface area contributed by atoms with Crippen LogP contribution in [0.3, 0.4) is 0 Å². The molecule has 0 aromatic heterocycles. The summed E-state index contributed by atoms with van der Waals surface area (Å²) in [5.74, 6) is -1.80. The van der Waals surface area contributed by atoms with Crippen molar-refractivity contribution >= 4 is 35.2 Å². The molecule has 0 aliphatic carbocycles. The summed E-state index contributed by atoms with van der Waals surface area (Å²) in [5.41, 5.74) is 0.912. The van der Waals surface area contributed by atoms with E-state index >= 15 is 0 Å². The summed E-state index contributed by atoms with van der Waals surface area (Å²) in [4.78, 5) is 36.2. The fourth-order valence-electron chi connectivity index (χ4n) is 2.26. The molecule has 23 heavy (non-hydrogen) atoms. The van der Waals surface area contributed by atoms with E-state index in [1.807, 2.05) is 13.8 Å². The summed E-state index contributed by atoms with van der Waals surface area (Å²) < 4.78 is 0. The number of hydrogen-bond donors (Lipinski definition) is 3. The first-order valence-electron chi connectivity index (χ1n) is 7.48. The van der Waals surface area contributed by atoms with Crippen LogP contribution in [0.1, 0.15) is 37.6 Å². The summed E-state index contributed by atoms with van der Waals surface area (Å²) in [6, 6.07) is 4.05. The van der Waals surface area contributed by atoms with Gasteiger partial charge in [0.1, 0.15) is 6.04 Å². The van der Waals surface area contributed by atoms with Crippen molar-refractivity contribution in [2.75, 3.05) is 5.32 Å². The van der Waals surface area contributed by atoms with Crippen molar-refractivity contribution in [3.05, 3.63) is 23.8 Å². The third kappa shape index (κ3) is 3.85. The quantitative estimate of drug-likeness (QED) is 0.767. The van der Waals surface area contributed by atoms with Crippen molar-refractivity contribution in [3.8, 4) is 0 Å². The summed E-state index contributed by atoms with van der Waals surface area (Å²) in [6.07, 6.45) is 0.645. The number of nitrogens with one attached hydrogen (secondary N) is 2. The monoisotopic (exact) mass is 336 g/mol. The van der Waals surface area contributed by atoms with E-state index in [0.29, 0.717) is 17.7 Å². The Hall–Kier alpha value is -2.02. The van der Waals surface area contributed by atoms with Gasteiger partial charge in [-0.05, 0) is 31.0 Å². The number of benzene rings is 1. The average molecular weight is 336 g/mol. The first-order chi connectivity index (χ1) is 10.8. The van der Waals surface area contributed by atoms with Crippen LogP contribution in [-0.2, 0) is 9.59 Å². The Morgan fingerprint density at radius 1 is 1.43 bits per heavy atom. The van der Waals surface area contributed by atoms with Crippen LogP contribution in [-0.4, -0.2) is 34.2 Å². The lowest BCUT2D eigenvalue weighted by Crippen LogP contribution is -2.45. The van der Waals surface area contributed by atoms with Crippen LogP contribution < -0.4 is 10.6 Å².